The molecule has 1 rings (SSSR count). The van der Waals surface area contributed by atoms with Gasteiger partial charge in [0, 0.05) is 25.4 Å². The Morgan fingerprint density at radius 1 is 1.33 bits per heavy atom. The van der Waals surface area contributed by atoms with Gasteiger partial charge in [-0.15, -0.1) is 0 Å². The van der Waals surface area contributed by atoms with Crippen LogP contribution >= 0.6 is 0 Å². The van der Waals surface area contributed by atoms with Gasteiger partial charge in [0.15, 0.2) is 6.61 Å². The number of carbonyl (C=O) groups is 1. The summed E-state index contributed by atoms with van der Waals surface area (Å²) in [6, 6.07) is 6.93. The van der Waals surface area contributed by atoms with Gasteiger partial charge < -0.3 is 20.5 Å². The van der Waals surface area contributed by atoms with Crippen LogP contribution in [0.25, 0.3) is 0 Å². The third kappa shape index (κ3) is 6.10. The van der Waals surface area contributed by atoms with E-state index in [1.165, 1.54) is 0 Å². The molecule has 0 aromatic heterocycles. The summed E-state index contributed by atoms with van der Waals surface area (Å²) in [5.41, 5.74) is 6.21. The predicted molar refractivity (Wildman–Crippen MR) is 70.5 cm³/mol. The summed E-state index contributed by atoms with van der Waals surface area (Å²) in [4.78, 5) is 11.4. The van der Waals surface area contributed by atoms with Crippen molar-refractivity contribution >= 4 is 11.6 Å². The van der Waals surface area contributed by atoms with Crippen molar-refractivity contribution in [2.45, 2.75) is 13.3 Å². The van der Waals surface area contributed by atoms with Gasteiger partial charge in [0.25, 0.3) is 5.91 Å². The molecule has 0 unspecified atom stereocenters. The molecule has 0 heterocycles. The molecule has 0 aliphatic heterocycles. The molecular weight excluding hydrogens is 232 g/mol. The normalized spacial score (nSPS) is 10.1. The van der Waals surface area contributed by atoms with Gasteiger partial charge >= 0.3 is 0 Å². The van der Waals surface area contributed by atoms with E-state index in [1.807, 2.05) is 6.92 Å². The van der Waals surface area contributed by atoms with Crippen molar-refractivity contribution in [2.24, 2.45) is 0 Å². The summed E-state index contributed by atoms with van der Waals surface area (Å²) in [7, 11) is 0. The monoisotopic (exact) mass is 252 g/mol. The van der Waals surface area contributed by atoms with E-state index in [9.17, 15) is 4.79 Å². The van der Waals surface area contributed by atoms with Crippen LogP contribution in [0.3, 0.4) is 0 Å². The number of carbonyl (C=O) groups excluding carboxylic acids is 1. The Morgan fingerprint density at radius 2 is 2.06 bits per heavy atom. The predicted octanol–water partition coefficient (Wildman–Crippen LogP) is 1.19. The van der Waals surface area contributed by atoms with Crippen molar-refractivity contribution in [3.05, 3.63) is 24.3 Å². The fraction of sp³-hybridized carbons (Fsp3) is 0.462. The van der Waals surface area contributed by atoms with E-state index in [0.717, 1.165) is 6.42 Å². The minimum absolute atomic E-state index is 0.0125. The Kier molecular flexibility index (Phi) is 6.64. The number of rotatable bonds is 8. The summed E-state index contributed by atoms with van der Waals surface area (Å²) >= 11 is 0. The molecule has 1 aromatic rings. The summed E-state index contributed by atoms with van der Waals surface area (Å²) in [6.07, 6.45) is 0.807. The third-order valence-electron chi connectivity index (χ3n) is 2.24. The van der Waals surface area contributed by atoms with Gasteiger partial charge in [-0.3, -0.25) is 4.79 Å². The minimum Gasteiger partial charge on any atom is -0.484 e. The van der Waals surface area contributed by atoms with Crippen LogP contribution in [0.5, 0.6) is 5.75 Å². The third-order valence-corrected chi connectivity index (χ3v) is 2.24. The zero-order valence-corrected chi connectivity index (χ0v) is 10.6. The minimum atomic E-state index is -0.136. The summed E-state index contributed by atoms with van der Waals surface area (Å²) in [5, 5.41) is 2.75. The Bertz CT molecular complexity index is 352. The number of anilines is 1. The Morgan fingerprint density at radius 3 is 2.72 bits per heavy atom. The first-order chi connectivity index (χ1) is 8.72. The lowest BCUT2D eigenvalue weighted by atomic mass is 10.3. The molecule has 100 valence electrons. The van der Waals surface area contributed by atoms with Gasteiger partial charge in [0.05, 0.1) is 0 Å². The lowest BCUT2D eigenvalue weighted by molar-refractivity contribution is -0.123. The number of nitrogen functional groups attached to an aromatic ring is 1. The molecule has 1 aromatic carbocycles. The summed E-state index contributed by atoms with van der Waals surface area (Å²) in [5.74, 6) is 0.497. The maximum atomic E-state index is 11.4. The van der Waals surface area contributed by atoms with Gasteiger partial charge in [-0.1, -0.05) is 0 Å². The van der Waals surface area contributed by atoms with Crippen LogP contribution in [0.4, 0.5) is 5.69 Å². The second-order valence-corrected chi connectivity index (χ2v) is 3.76. The highest BCUT2D eigenvalue weighted by molar-refractivity contribution is 5.77. The van der Waals surface area contributed by atoms with E-state index in [-0.39, 0.29) is 12.5 Å². The van der Waals surface area contributed by atoms with E-state index in [0.29, 0.717) is 31.2 Å². The maximum Gasteiger partial charge on any atom is 0.257 e. The highest BCUT2D eigenvalue weighted by atomic mass is 16.5. The first kappa shape index (κ1) is 14.3. The van der Waals surface area contributed by atoms with E-state index >= 15 is 0 Å². The molecule has 0 fully saturated rings. The second-order valence-electron chi connectivity index (χ2n) is 3.76. The molecular formula is C13H20N2O3. The van der Waals surface area contributed by atoms with Crippen molar-refractivity contribution in [1.82, 2.24) is 5.32 Å². The molecule has 18 heavy (non-hydrogen) atoms. The number of hydrogen-bond acceptors (Lipinski definition) is 4. The first-order valence-electron chi connectivity index (χ1n) is 6.05. The van der Waals surface area contributed by atoms with Crippen molar-refractivity contribution in [1.29, 1.82) is 0 Å². The number of benzene rings is 1. The van der Waals surface area contributed by atoms with Crippen LogP contribution in [0, 0.1) is 0 Å². The highest BCUT2D eigenvalue weighted by Crippen LogP contribution is 2.12. The topological polar surface area (TPSA) is 73.6 Å². The highest BCUT2D eigenvalue weighted by Gasteiger charge is 2.01. The molecule has 0 spiro atoms. The smallest absolute Gasteiger partial charge is 0.257 e. The SMILES string of the molecule is CCOCCCNC(=O)COc1ccc(N)cc1. The van der Waals surface area contributed by atoms with E-state index in [4.69, 9.17) is 15.2 Å². The molecule has 0 bridgehead atoms. The fourth-order valence-corrected chi connectivity index (χ4v) is 1.31. The molecule has 5 heteroatoms. The van der Waals surface area contributed by atoms with Gasteiger partial charge in [-0.05, 0) is 37.6 Å². The summed E-state index contributed by atoms with van der Waals surface area (Å²) in [6.45, 7) is 3.92. The van der Waals surface area contributed by atoms with Gasteiger partial charge in [0.2, 0.25) is 0 Å². The average molecular weight is 252 g/mol. The number of ether oxygens (including phenoxy) is 2. The molecule has 5 nitrogen and oxygen atoms in total. The zero-order chi connectivity index (χ0) is 13.2. The van der Waals surface area contributed by atoms with Gasteiger partial charge in [-0.2, -0.15) is 0 Å². The lowest BCUT2D eigenvalue weighted by Crippen LogP contribution is -2.30. The number of hydrogen-bond donors (Lipinski definition) is 2. The first-order valence-corrected chi connectivity index (χ1v) is 6.05. The van der Waals surface area contributed by atoms with Crippen LogP contribution in [-0.2, 0) is 9.53 Å². The van der Waals surface area contributed by atoms with Crippen molar-refractivity contribution < 1.29 is 14.3 Å². The van der Waals surface area contributed by atoms with Gasteiger partial charge in [-0.25, -0.2) is 0 Å². The average Bonchev–Trinajstić information content (AvgIpc) is 2.38. The molecule has 0 saturated carbocycles. The number of nitrogens with one attached hydrogen (secondary N) is 1. The number of nitrogens with two attached hydrogens (primary N) is 1. The van der Waals surface area contributed by atoms with Crippen LogP contribution < -0.4 is 15.8 Å². The molecule has 3 N–H and O–H groups in total. The molecule has 0 radical (unpaired) electrons. The maximum absolute atomic E-state index is 11.4. The Balaban J connectivity index is 2.11. The van der Waals surface area contributed by atoms with Crippen LogP contribution in [0.15, 0.2) is 24.3 Å². The number of amides is 1. The molecule has 0 aliphatic carbocycles. The second kappa shape index (κ2) is 8.36. The van der Waals surface area contributed by atoms with Crippen molar-refractivity contribution in [2.75, 3.05) is 32.1 Å². The quantitative estimate of drug-likeness (QED) is 0.538. The van der Waals surface area contributed by atoms with Crippen LogP contribution in [0.2, 0.25) is 0 Å². The van der Waals surface area contributed by atoms with E-state index in [2.05, 4.69) is 5.32 Å². The fourth-order valence-electron chi connectivity index (χ4n) is 1.31. The molecule has 1 amide bonds. The van der Waals surface area contributed by atoms with Crippen LogP contribution in [0.1, 0.15) is 13.3 Å². The van der Waals surface area contributed by atoms with E-state index in [1.54, 1.807) is 24.3 Å². The van der Waals surface area contributed by atoms with Crippen molar-refractivity contribution in [3.63, 3.8) is 0 Å². The Labute approximate surface area is 107 Å². The van der Waals surface area contributed by atoms with Gasteiger partial charge in [0.1, 0.15) is 5.75 Å². The largest absolute Gasteiger partial charge is 0.484 e. The van der Waals surface area contributed by atoms with E-state index < -0.39 is 0 Å². The van der Waals surface area contributed by atoms with Crippen LogP contribution in [-0.4, -0.2) is 32.3 Å². The standard InChI is InChI=1S/C13H20N2O3/c1-2-17-9-3-8-15-13(16)10-18-12-6-4-11(14)5-7-12/h4-7H,2-3,8-10,14H2,1H3,(H,15,16). The van der Waals surface area contributed by atoms with Crippen molar-refractivity contribution in [3.8, 4) is 5.75 Å². The molecule has 0 aliphatic rings. The molecule has 0 saturated heterocycles. The lowest BCUT2D eigenvalue weighted by Gasteiger charge is -2.07. The zero-order valence-electron chi connectivity index (χ0n) is 10.6. The Hall–Kier alpha value is -1.75. The summed E-state index contributed by atoms with van der Waals surface area (Å²) < 4.78 is 10.5. The molecule has 0 atom stereocenters.